The Morgan fingerprint density at radius 3 is 2.75 bits per heavy atom. The molecule has 0 atom stereocenters. The Labute approximate surface area is 101 Å². The maximum absolute atomic E-state index is 11.3. The van der Waals surface area contributed by atoms with Crippen molar-refractivity contribution in [3.05, 3.63) is 35.9 Å². The molecule has 0 aromatic heterocycles. The number of hydrogen-bond acceptors (Lipinski definition) is 3. The van der Waals surface area contributed by atoms with Crippen LogP contribution in [0.5, 0.6) is 0 Å². The lowest BCUT2D eigenvalue weighted by atomic mass is 10.2. The van der Waals surface area contributed by atoms with Gasteiger partial charge in [-0.15, -0.1) is 11.8 Å². The van der Waals surface area contributed by atoms with E-state index in [9.17, 15) is 4.79 Å². The number of thioether (sulfide) groups is 1. The van der Waals surface area contributed by atoms with E-state index in [0.717, 1.165) is 18.6 Å². The molecule has 0 fully saturated rings. The second kappa shape index (κ2) is 8.22. The molecule has 0 unspecified atom stereocenters. The van der Waals surface area contributed by atoms with Crippen LogP contribution < -0.4 is 0 Å². The van der Waals surface area contributed by atoms with E-state index in [-0.39, 0.29) is 5.97 Å². The maximum Gasteiger partial charge on any atom is 0.315 e. The molecule has 2 nitrogen and oxygen atoms in total. The summed E-state index contributed by atoms with van der Waals surface area (Å²) in [5.74, 6) is 1.21. The zero-order chi connectivity index (χ0) is 11.6. The molecule has 0 aliphatic carbocycles. The monoisotopic (exact) mass is 238 g/mol. The normalized spacial score (nSPS) is 10.1. The van der Waals surface area contributed by atoms with Gasteiger partial charge in [0.1, 0.15) is 0 Å². The molecule has 0 bridgehead atoms. The van der Waals surface area contributed by atoms with Gasteiger partial charge in [0.15, 0.2) is 0 Å². The SMILES string of the molecule is CCCCOC(=O)CSCc1ccccc1. The van der Waals surface area contributed by atoms with Gasteiger partial charge in [0.2, 0.25) is 0 Å². The minimum Gasteiger partial charge on any atom is -0.465 e. The largest absolute Gasteiger partial charge is 0.465 e. The Kier molecular flexibility index (Phi) is 6.74. The minimum atomic E-state index is -0.102. The number of rotatable bonds is 7. The number of unbranched alkanes of at least 4 members (excludes halogenated alkanes) is 1. The summed E-state index contributed by atoms with van der Waals surface area (Å²) >= 11 is 1.60. The third kappa shape index (κ3) is 5.81. The molecule has 0 aliphatic heterocycles. The van der Waals surface area contributed by atoms with Crippen LogP contribution in [-0.2, 0) is 15.3 Å². The molecule has 0 heterocycles. The first-order valence-corrected chi connectivity index (χ1v) is 6.75. The molecule has 0 aliphatic rings. The third-order valence-corrected chi connectivity index (χ3v) is 3.07. The van der Waals surface area contributed by atoms with Crippen LogP contribution in [-0.4, -0.2) is 18.3 Å². The van der Waals surface area contributed by atoms with Crippen LogP contribution in [0, 0.1) is 0 Å². The smallest absolute Gasteiger partial charge is 0.315 e. The molecule has 1 rings (SSSR count). The van der Waals surface area contributed by atoms with Gasteiger partial charge in [-0.1, -0.05) is 43.7 Å². The van der Waals surface area contributed by atoms with Crippen molar-refractivity contribution in [2.75, 3.05) is 12.4 Å². The molecular weight excluding hydrogens is 220 g/mol. The first-order chi connectivity index (χ1) is 7.83. The zero-order valence-corrected chi connectivity index (χ0v) is 10.5. The predicted molar refractivity (Wildman–Crippen MR) is 68.5 cm³/mol. The average molecular weight is 238 g/mol. The lowest BCUT2D eigenvalue weighted by molar-refractivity contribution is -0.140. The second-order valence-corrected chi connectivity index (χ2v) is 4.54. The van der Waals surface area contributed by atoms with Crippen LogP contribution in [0.4, 0.5) is 0 Å². The summed E-state index contributed by atoms with van der Waals surface area (Å²) in [6, 6.07) is 10.1. The predicted octanol–water partition coefficient (Wildman–Crippen LogP) is 3.26. The molecule has 0 radical (unpaired) electrons. The van der Waals surface area contributed by atoms with E-state index in [0.29, 0.717) is 12.4 Å². The van der Waals surface area contributed by atoms with Gasteiger partial charge in [0.25, 0.3) is 0 Å². The van der Waals surface area contributed by atoms with Gasteiger partial charge in [0.05, 0.1) is 12.4 Å². The van der Waals surface area contributed by atoms with E-state index in [1.165, 1.54) is 5.56 Å². The molecule has 0 spiro atoms. The first-order valence-electron chi connectivity index (χ1n) is 5.60. The lowest BCUT2D eigenvalue weighted by Crippen LogP contribution is -2.08. The number of benzene rings is 1. The van der Waals surface area contributed by atoms with E-state index >= 15 is 0 Å². The van der Waals surface area contributed by atoms with Crippen LogP contribution in [0.25, 0.3) is 0 Å². The van der Waals surface area contributed by atoms with E-state index < -0.39 is 0 Å². The molecule has 3 heteroatoms. The summed E-state index contributed by atoms with van der Waals surface area (Å²) in [7, 11) is 0. The van der Waals surface area contributed by atoms with Crippen molar-refractivity contribution >= 4 is 17.7 Å². The fourth-order valence-electron chi connectivity index (χ4n) is 1.20. The molecule has 1 aromatic rings. The summed E-state index contributed by atoms with van der Waals surface area (Å²) in [5, 5.41) is 0. The summed E-state index contributed by atoms with van der Waals surface area (Å²) < 4.78 is 5.06. The van der Waals surface area contributed by atoms with Crippen LogP contribution in [0.2, 0.25) is 0 Å². The Bertz CT molecular complexity index is 298. The van der Waals surface area contributed by atoms with Crippen molar-refractivity contribution < 1.29 is 9.53 Å². The number of carbonyl (C=O) groups is 1. The van der Waals surface area contributed by atoms with Crippen molar-refractivity contribution in [1.29, 1.82) is 0 Å². The molecule has 88 valence electrons. The molecular formula is C13H18O2S. The number of ether oxygens (including phenoxy) is 1. The zero-order valence-electron chi connectivity index (χ0n) is 9.65. The van der Waals surface area contributed by atoms with Crippen LogP contribution >= 0.6 is 11.8 Å². The van der Waals surface area contributed by atoms with Crippen molar-refractivity contribution in [2.45, 2.75) is 25.5 Å². The van der Waals surface area contributed by atoms with Gasteiger partial charge in [0, 0.05) is 5.75 Å². The number of carbonyl (C=O) groups excluding carboxylic acids is 1. The van der Waals surface area contributed by atoms with Crippen molar-refractivity contribution in [1.82, 2.24) is 0 Å². The fraction of sp³-hybridized carbons (Fsp3) is 0.462. The highest BCUT2D eigenvalue weighted by molar-refractivity contribution is 7.99. The average Bonchev–Trinajstić information content (AvgIpc) is 2.31. The van der Waals surface area contributed by atoms with E-state index in [2.05, 4.69) is 19.1 Å². The van der Waals surface area contributed by atoms with Crippen LogP contribution in [0.1, 0.15) is 25.3 Å². The third-order valence-electron chi connectivity index (χ3n) is 2.09. The number of hydrogen-bond donors (Lipinski definition) is 0. The van der Waals surface area contributed by atoms with E-state index in [1.54, 1.807) is 11.8 Å². The molecule has 1 aromatic carbocycles. The highest BCUT2D eigenvalue weighted by Crippen LogP contribution is 2.11. The van der Waals surface area contributed by atoms with Crippen molar-refractivity contribution in [2.24, 2.45) is 0 Å². The van der Waals surface area contributed by atoms with Crippen molar-refractivity contribution in [3.63, 3.8) is 0 Å². The molecule has 0 N–H and O–H groups in total. The van der Waals surface area contributed by atoms with Crippen molar-refractivity contribution in [3.8, 4) is 0 Å². The summed E-state index contributed by atoms with van der Waals surface area (Å²) in [6.07, 6.45) is 2.01. The van der Waals surface area contributed by atoms with Crippen LogP contribution in [0.3, 0.4) is 0 Å². The highest BCUT2D eigenvalue weighted by Gasteiger charge is 2.02. The van der Waals surface area contributed by atoms with Gasteiger partial charge in [-0.25, -0.2) is 0 Å². The van der Waals surface area contributed by atoms with Gasteiger partial charge < -0.3 is 4.74 Å². The van der Waals surface area contributed by atoms with Gasteiger partial charge in [-0.05, 0) is 12.0 Å². The number of esters is 1. The molecule has 0 amide bonds. The Hall–Kier alpha value is -0.960. The quantitative estimate of drug-likeness (QED) is 0.539. The molecule has 0 saturated carbocycles. The fourth-order valence-corrected chi connectivity index (χ4v) is 1.98. The van der Waals surface area contributed by atoms with Gasteiger partial charge >= 0.3 is 5.97 Å². The maximum atomic E-state index is 11.3. The second-order valence-electron chi connectivity index (χ2n) is 3.55. The minimum absolute atomic E-state index is 0.102. The Morgan fingerprint density at radius 2 is 2.06 bits per heavy atom. The summed E-state index contributed by atoms with van der Waals surface area (Å²) in [5.41, 5.74) is 1.24. The molecule has 0 saturated heterocycles. The summed E-state index contributed by atoms with van der Waals surface area (Å²) in [4.78, 5) is 11.3. The Morgan fingerprint density at radius 1 is 1.31 bits per heavy atom. The van der Waals surface area contributed by atoms with Gasteiger partial charge in [-0.3, -0.25) is 4.79 Å². The topological polar surface area (TPSA) is 26.3 Å². The Balaban J connectivity index is 2.09. The lowest BCUT2D eigenvalue weighted by Gasteiger charge is -2.03. The summed E-state index contributed by atoms with van der Waals surface area (Å²) in [6.45, 7) is 2.64. The molecule has 16 heavy (non-hydrogen) atoms. The standard InChI is InChI=1S/C13H18O2S/c1-2-3-9-15-13(14)11-16-10-12-7-5-4-6-8-12/h4-8H,2-3,9-11H2,1H3. The van der Waals surface area contributed by atoms with E-state index in [4.69, 9.17) is 4.74 Å². The highest BCUT2D eigenvalue weighted by atomic mass is 32.2. The first kappa shape index (κ1) is 13.1. The van der Waals surface area contributed by atoms with Gasteiger partial charge in [-0.2, -0.15) is 0 Å². The van der Waals surface area contributed by atoms with E-state index in [1.807, 2.05) is 18.2 Å². The van der Waals surface area contributed by atoms with Crippen LogP contribution in [0.15, 0.2) is 30.3 Å².